The van der Waals surface area contributed by atoms with Crippen LogP contribution in [-0.4, -0.2) is 37.7 Å². The summed E-state index contributed by atoms with van der Waals surface area (Å²) in [6.07, 6.45) is 4.63. The Hall–Kier alpha value is -4.07. The third-order valence-corrected chi connectivity index (χ3v) is 5.88. The first-order valence-electron chi connectivity index (χ1n) is 12.6. The van der Waals surface area contributed by atoms with E-state index in [1.54, 1.807) is 6.20 Å². The number of nitrogens with zero attached hydrogens (tertiary/aromatic N) is 3. The molecule has 200 valence electrons. The van der Waals surface area contributed by atoms with E-state index in [9.17, 15) is 9.59 Å². The highest BCUT2D eigenvalue weighted by Crippen LogP contribution is 2.35. The second kappa shape index (κ2) is 9.67. The highest BCUT2D eigenvalue weighted by atomic mass is 16.6. The van der Waals surface area contributed by atoms with E-state index in [4.69, 9.17) is 9.47 Å². The van der Waals surface area contributed by atoms with E-state index < -0.39 is 28.9 Å². The Balaban J connectivity index is 1.72. The van der Waals surface area contributed by atoms with Gasteiger partial charge in [0.15, 0.2) is 0 Å². The molecule has 1 N–H and O–H groups in total. The molecular formula is C30H36N4O4. The van der Waals surface area contributed by atoms with Gasteiger partial charge in [-0.3, -0.25) is 0 Å². The zero-order valence-corrected chi connectivity index (χ0v) is 23.3. The van der Waals surface area contributed by atoms with Gasteiger partial charge >= 0.3 is 12.2 Å². The van der Waals surface area contributed by atoms with Gasteiger partial charge in [0.1, 0.15) is 11.2 Å². The molecule has 0 fully saturated rings. The average Bonchev–Trinajstić information content (AvgIpc) is 3.46. The molecule has 8 nitrogen and oxygen atoms in total. The van der Waals surface area contributed by atoms with Crippen LogP contribution in [0.3, 0.4) is 0 Å². The molecule has 38 heavy (non-hydrogen) atoms. The third kappa shape index (κ3) is 5.90. The van der Waals surface area contributed by atoms with Crippen LogP contribution in [0.4, 0.5) is 9.59 Å². The van der Waals surface area contributed by atoms with Crippen molar-refractivity contribution < 1.29 is 19.1 Å². The molecular weight excluding hydrogens is 480 g/mol. The number of carbonyl (C=O) groups excluding carboxylic acids is 2. The van der Waals surface area contributed by atoms with Gasteiger partial charge < -0.3 is 19.4 Å². The molecule has 0 unspecified atom stereocenters. The van der Waals surface area contributed by atoms with E-state index in [-0.39, 0.29) is 0 Å². The molecule has 2 aromatic heterocycles. The number of hydrogen-bond acceptors (Lipinski definition) is 5. The molecule has 0 atom stereocenters. The molecule has 2 aromatic carbocycles. The van der Waals surface area contributed by atoms with Gasteiger partial charge in [-0.25, -0.2) is 9.59 Å². The van der Waals surface area contributed by atoms with Gasteiger partial charge in [0, 0.05) is 23.3 Å². The Morgan fingerprint density at radius 3 is 2.00 bits per heavy atom. The highest BCUT2D eigenvalue weighted by Gasteiger charge is 2.27. The lowest BCUT2D eigenvalue weighted by atomic mass is 9.92. The molecule has 0 saturated heterocycles. The van der Waals surface area contributed by atoms with Crippen LogP contribution in [0.1, 0.15) is 61.0 Å². The standard InChI is InChI=1S/C30H36N4O4/c1-28(2,3)37-26(35)32-30(7,8)21-13-11-20(12-14-21)22-15-16-24-23(25(22)33-17-9-10-18-33)19-31-34(24)27(36)38-29(4,5)6/h9-19H,1-8H3,(H,32,35). The topological polar surface area (TPSA) is 87.4 Å². The second-order valence-electron chi connectivity index (χ2n) is 11.9. The molecule has 0 spiro atoms. The van der Waals surface area contributed by atoms with Crippen molar-refractivity contribution in [3.63, 3.8) is 0 Å². The van der Waals surface area contributed by atoms with Crippen molar-refractivity contribution in [1.29, 1.82) is 0 Å². The van der Waals surface area contributed by atoms with Crippen LogP contribution in [0.25, 0.3) is 27.7 Å². The number of ether oxygens (including phenoxy) is 2. The number of alkyl carbamates (subject to hydrolysis) is 1. The van der Waals surface area contributed by atoms with Crippen molar-refractivity contribution in [2.24, 2.45) is 0 Å². The maximum absolute atomic E-state index is 12.8. The van der Waals surface area contributed by atoms with E-state index in [1.165, 1.54) is 4.68 Å². The normalized spacial score (nSPS) is 12.4. The number of aromatic nitrogens is 3. The van der Waals surface area contributed by atoms with Crippen molar-refractivity contribution >= 4 is 23.1 Å². The number of hydrogen-bond donors (Lipinski definition) is 1. The first-order valence-corrected chi connectivity index (χ1v) is 12.6. The Labute approximate surface area is 223 Å². The van der Waals surface area contributed by atoms with Crippen LogP contribution >= 0.6 is 0 Å². The minimum absolute atomic E-state index is 0.464. The van der Waals surface area contributed by atoms with Crippen LogP contribution in [0.2, 0.25) is 0 Å². The first kappa shape index (κ1) is 27.0. The van der Waals surface area contributed by atoms with Crippen molar-refractivity contribution in [3.05, 3.63) is 72.7 Å². The fourth-order valence-corrected chi connectivity index (χ4v) is 4.23. The molecule has 0 aliphatic rings. The van der Waals surface area contributed by atoms with Gasteiger partial charge in [0.05, 0.1) is 22.9 Å². The lowest BCUT2D eigenvalue weighted by Gasteiger charge is -2.29. The van der Waals surface area contributed by atoms with Crippen molar-refractivity contribution in [1.82, 2.24) is 19.7 Å². The fraction of sp³-hybridized carbons (Fsp3) is 0.367. The first-order chi connectivity index (χ1) is 17.6. The molecule has 4 aromatic rings. The van der Waals surface area contributed by atoms with Crippen LogP contribution in [0.5, 0.6) is 0 Å². The average molecular weight is 517 g/mol. The Kier molecular flexibility index (Phi) is 6.86. The van der Waals surface area contributed by atoms with E-state index in [0.717, 1.165) is 27.8 Å². The number of fused-ring (bicyclic) bond motifs is 1. The zero-order valence-electron chi connectivity index (χ0n) is 23.3. The van der Waals surface area contributed by atoms with E-state index in [1.807, 2.05) is 121 Å². The summed E-state index contributed by atoms with van der Waals surface area (Å²) in [6.45, 7) is 14.9. The summed E-state index contributed by atoms with van der Waals surface area (Å²) in [6, 6.07) is 15.8. The molecule has 2 heterocycles. The lowest BCUT2D eigenvalue weighted by molar-refractivity contribution is 0.0468. The molecule has 0 aliphatic carbocycles. The lowest BCUT2D eigenvalue weighted by Crippen LogP contribution is -2.43. The van der Waals surface area contributed by atoms with E-state index >= 15 is 0 Å². The summed E-state index contributed by atoms with van der Waals surface area (Å²) in [7, 11) is 0. The molecule has 8 heteroatoms. The van der Waals surface area contributed by atoms with Gasteiger partial charge in [-0.2, -0.15) is 9.78 Å². The SMILES string of the molecule is CC(C)(C)OC(=O)NC(C)(C)c1ccc(-c2ccc3c(cnn3C(=O)OC(C)(C)C)c2-n2cccc2)cc1. The molecule has 0 radical (unpaired) electrons. The van der Waals surface area contributed by atoms with Crippen LogP contribution < -0.4 is 5.32 Å². The summed E-state index contributed by atoms with van der Waals surface area (Å²) >= 11 is 0. The zero-order chi connectivity index (χ0) is 27.9. The maximum atomic E-state index is 12.8. The van der Waals surface area contributed by atoms with Gasteiger partial charge in [-0.1, -0.05) is 30.3 Å². The molecule has 0 saturated carbocycles. The van der Waals surface area contributed by atoms with Crippen molar-refractivity contribution in [2.75, 3.05) is 0 Å². The summed E-state index contributed by atoms with van der Waals surface area (Å²) in [5.74, 6) is 0. The smallest absolute Gasteiger partial charge is 0.435 e. The monoisotopic (exact) mass is 516 g/mol. The van der Waals surface area contributed by atoms with Crippen LogP contribution in [0, 0.1) is 0 Å². The Morgan fingerprint density at radius 2 is 1.42 bits per heavy atom. The van der Waals surface area contributed by atoms with Crippen LogP contribution in [-0.2, 0) is 15.0 Å². The predicted octanol–water partition coefficient (Wildman–Crippen LogP) is 7.04. The maximum Gasteiger partial charge on any atom is 0.435 e. The molecule has 0 bridgehead atoms. The Morgan fingerprint density at radius 1 is 0.816 bits per heavy atom. The quantitative estimate of drug-likeness (QED) is 0.314. The van der Waals surface area contributed by atoms with Gasteiger partial charge in [0.25, 0.3) is 0 Å². The Bertz CT molecular complexity index is 1450. The summed E-state index contributed by atoms with van der Waals surface area (Å²) in [5.41, 5.74) is 2.61. The minimum Gasteiger partial charge on any atom is -0.444 e. The van der Waals surface area contributed by atoms with Gasteiger partial charge in [0.2, 0.25) is 0 Å². The number of nitrogens with one attached hydrogen (secondary N) is 1. The number of carbonyl (C=O) groups is 2. The second-order valence-corrected chi connectivity index (χ2v) is 11.9. The summed E-state index contributed by atoms with van der Waals surface area (Å²) in [5, 5.41) is 8.14. The van der Waals surface area contributed by atoms with Crippen LogP contribution in [0.15, 0.2) is 67.1 Å². The minimum atomic E-state index is -0.636. The van der Waals surface area contributed by atoms with Crippen molar-refractivity contribution in [2.45, 2.75) is 72.1 Å². The summed E-state index contributed by atoms with van der Waals surface area (Å²) < 4.78 is 14.3. The molecule has 1 amide bonds. The highest BCUT2D eigenvalue weighted by molar-refractivity contribution is 5.98. The largest absolute Gasteiger partial charge is 0.444 e. The molecule has 4 rings (SSSR count). The van der Waals surface area contributed by atoms with E-state index in [0.29, 0.717) is 5.52 Å². The summed E-state index contributed by atoms with van der Waals surface area (Å²) in [4.78, 5) is 25.2. The predicted molar refractivity (Wildman–Crippen MR) is 149 cm³/mol. The number of amides is 1. The van der Waals surface area contributed by atoms with Gasteiger partial charge in [-0.05, 0) is 84.7 Å². The molecule has 0 aliphatic heterocycles. The third-order valence-electron chi connectivity index (χ3n) is 5.88. The van der Waals surface area contributed by atoms with Crippen molar-refractivity contribution in [3.8, 4) is 16.8 Å². The number of rotatable bonds is 4. The van der Waals surface area contributed by atoms with Gasteiger partial charge in [-0.15, -0.1) is 0 Å². The van der Waals surface area contributed by atoms with E-state index in [2.05, 4.69) is 10.4 Å². The number of benzene rings is 2. The fourth-order valence-electron chi connectivity index (χ4n) is 4.23.